The van der Waals surface area contributed by atoms with Crippen molar-refractivity contribution in [2.45, 2.75) is 36.8 Å². The van der Waals surface area contributed by atoms with Gasteiger partial charge in [-0.15, -0.1) is 11.8 Å². The highest BCUT2D eigenvalue weighted by molar-refractivity contribution is 8.07. The number of amides is 1. The summed E-state index contributed by atoms with van der Waals surface area (Å²) in [5, 5.41) is 3.86. The molecule has 84 valence electrons. The molecule has 0 aromatic carbocycles. The molecule has 1 saturated heterocycles. The van der Waals surface area contributed by atoms with Gasteiger partial charge in [-0.3, -0.25) is 9.79 Å². The van der Waals surface area contributed by atoms with Crippen LogP contribution < -0.4 is 5.32 Å². The van der Waals surface area contributed by atoms with Crippen molar-refractivity contribution in [3.8, 4) is 0 Å². The van der Waals surface area contributed by atoms with E-state index in [4.69, 9.17) is 0 Å². The van der Waals surface area contributed by atoms with Crippen molar-refractivity contribution >= 4 is 35.3 Å². The molecular weight excluding hydrogens is 228 g/mol. The van der Waals surface area contributed by atoms with Gasteiger partial charge in [0, 0.05) is 16.8 Å². The third-order valence-electron chi connectivity index (χ3n) is 2.69. The average Bonchev–Trinajstić information content (AvgIpc) is 2.60. The van der Waals surface area contributed by atoms with Crippen molar-refractivity contribution in [2.24, 2.45) is 4.99 Å². The van der Waals surface area contributed by atoms with Crippen LogP contribution >= 0.6 is 23.5 Å². The van der Waals surface area contributed by atoms with Gasteiger partial charge in [0.1, 0.15) is 11.9 Å². The molecule has 1 fully saturated rings. The Morgan fingerprint density at radius 3 is 2.80 bits per heavy atom. The first kappa shape index (κ1) is 11.3. The SMILES string of the molecule is CCC1N=C(C2SCCSC2C)NC1=O. The van der Waals surface area contributed by atoms with Gasteiger partial charge in [-0.1, -0.05) is 13.8 Å². The van der Waals surface area contributed by atoms with Gasteiger partial charge in [0.05, 0.1) is 5.25 Å². The first-order valence-electron chi connectivity index (χ1n) is 5.34. The van der Waals surface area contributed by atoms with Crippen molar-refractivity contribution in [3.63, 3.8) is 0 Å². The lowest BCUT2D eigenvalue weighted by Gasteiger charge is -2.27. The number of rotatable bonds is 2. The summed E-state index contributed by atoms with van der Waals surface area (Å²) in [4.78, 5) is 16.0. The molecule has 0 saturated carbocycles. The number of carbonyl (C=O) groups is 1. The number of amidine groups is 1. The molecule has 1 amide bonds. The second kappa shape index (κ2) is 4.78. The summed E-state index contributed by atoms with van der Waals surface area (Å²) in [6.45, 7) is 4.22. The lowest BCUT2D eigenvalue weighted by molar-refractivity contribution is -0.120. The van der Waals surface area contributed by atoms with Crippen molar-refractivity contribution in [2.75, 3.05) is 11.5 Å². The molecule has 1 N–H and O–H groups in total. The number of hydrogen-bond donors (Lipinski definition) is 1. The maximum atomic E-state index is 11.5. The third kappa shape index (κ3) is 2.33. The average molecular weight is 244 g/mol. The maximum Gasteiger partial charge on any atom is 0.250 e. The fraction of sp³-hybridized carbons (Fsp3) is 0.800. The Labute approximate surface area is 98.9 Å². The Bertz CT molecular complexity index is 293. The number of aliphatic imine (C=N–C) groups is 1. The van der Waals surface area contributed by atoms with E-state index in [2.05, 4.69) is 17.2 Å². The monoisotopic (exact) mass is 244 g/mol. The van der Waals surface area contributed by atoms with E-state index < -0.39 is 0 Å². The van der Waals surface area contributed by atoms with E-state index >= 15 is 0 Å². The van der Waals surface area contributed by atoms with Crippen LogP contribution in [0.2, 0.25) is 0 Å². The van der Waals surface area contributed by atoms with Gasteiger partial charge in [-0.05, 0) is 6.42 Å². The van der Waals surface area contributed by atoms with Gasteiger partial charge >= 0.3 is 0 Å². The largest absolute Gasteiger partial charge is 0.312 e. The van der Waals surface area contributed by atoms with Crippen LogP contribution in [0.1, 0.15) is 20.3 Å². The zero-order valence-corrected chi connectivity index (χ0v) is 10.7. The van der Waals surface area contributed by atoms with Gasteiger partial charge in [0.2, 0.25) is 5.91 Å². The molecule has 0 bridgehead atoms. The summed E-state index contributed by atoms with van der Waals surface area (Å²) in [7, 11) is 0. The molecule has 0 aliphatic carbocycles. The van der Waals surface area contributed by atoms with E-state index in [9.17, 15) is 4.79 Å². The second-order valence-corrected chi connectivity index (χ2v) is 6.53. The molecule has 5 heteroatoms. The molecule has 2 aliphatic rings. The Morgan fingerprint density at radius 1 is 1.47 bits per heavy atom. The zero-order valence-electron chi connectivity index (χ0n) is 9.03. The maximum absolute atomic E-state index is 11.5. The van der Waals surface area contributed by atoms with Crippen LogP contribution in [0, 0.1) is 0 Å². The Kier molecular flexibility index (Phi) is 3.61. The Balaban J connectivity index is 2.07. The molecule has 2 heterocycles. The van der Waals surface area contributed by atoms with Crippen molar-refractivity contribution in [1.82, 2.24) is 5.32 Å². The molecule has 15 heavy (non-hydrogen) atoms. The van der Waals surface area contributed by atoms with Crippen molar-refractivity contribution in [1.29, 1.82) is 0 Å². The minimum atomic E-state index is -0.139. The quantitative estimate of drug-likeness (QED) is 0.801. The van der Waals surface area contributed by atoms with E-state index in [1.807, 2.05) is 30.4 Å². The van der Waals surface area contributed by atoms with Gasteiger partial charge in [0.25, 0.3) is 0 Å². The predicted molar refractivity (Wildman–Crippen MR) is 67.8 cm³/mol. The molecule has 3 atom stereocenters. The molecule has 0 aromatic heterocycles. The van der Waals surface area contributed by atoms with E-state index in [1.54, 1.807) is 0 Å². The summed E-state index contributed by atoms with van der Waals surface area (Å²) in [6, 6.07) is -0.139. The van der Waals surface area contributed by atoms with E-state index in [0.717, 1.165) is 18.0 Å². The molecule has 0 radical (unpaired) electrons. The summed E-state index contributed by atoms with van der Waals surface area (Å²) >= 11 is 3.89. The number of nitrogens with one attached hydrogen (secondary N) is 1. The molecular formula is C10H16N2OS2. The van der Waals surface area contributed by atoms with Crippen LogP contribution in [0.3, 0.4) is 0 Å². The summed E-state index contributed by atoms with van der Waals surface area (Å²) in [6.07, 6.45) is 0.800. The van der Waals surface area contributed by atoms with Gasteiger partial charge in [-0.2, -0.15) is 11.8 Å². The molecule has 3 nitrogen and oxygen atoms in total. The molecule has 0 aromatic rings. The summed E-state index contributed by atoms with van der Waals surface area (Å²) < 4.78 is 0. The van der Waals surface area contributed by atoms with Crippen LogP contribution in [0.25, 0.3) is 0 Å². The van der Waals surface area contributed by atoms with Crippen molar-refractivity contribution < 1.29 is 4.79 Å². The first-order chi connectivity index (χ1) is 7.22. The molecule has 3 unspecified atom stereocenters. The first-order valence-corrected chi connectivity index (χ1v) is 7.44. The minimum Gasteiger partial charge on any atom is -0.312 e. The van der Waals surface area contributed by atoms with Crippen molar-refractivity contribution in [3.05, 3.63) is 0 Å². The van der Waals surface area contributed by atoms with Gasteiger partial charge in [0.15, 0.2) is 0 Å². The lowest BCUT2D eigenvalue weighted by atomic mass is 10.2. The minimum absolute atomic E-state index is 0.0795. The highest BCUT2D eigenvalue weighted by Crippen LogP contribution is 2.32. The van der Waals surface area contributed by atoms with Gasteiger partial charge < -0.3 is 5.32 Å². The Hall–Kier alpha value is -0.160. The summed E-state index contributed by atoms with van der Waals surface area (Å²) in [5.41, 5.74) is 0. The molecule has 0 spiro atoms. The van der Waals surface area contributed by atoms with Crippen LogP contribution in [0.4, 0.5) is 0 Å². The topological polar surface area (TPSA) is 41.5 Å². The smallest absolute Gasteiger partial charge is 0.250 e. The van der Waals surface area contributed by atoms with E-state index in [-0.39, 0.29) is 11.9 Å². The fourth-order valence-electron chi connectivity index (χ4n) is 1.82. The normalized spacial score (nSPS) is 36.3. The van der Waals surface area contributed by atoms with Crippen LogP contribution in [0.5, 0.6) is 0 Å². The predicted octanol–water partition coefficient (Wildman–Crippen LogP) is 1.53. The second-order valence-electron chi connectivity index (χ2n) is 3.79. The Morgan fingerprint density at radius 2 is 2.20 bits per heavy atom. The van der Waals surface area contributed by atoms with E-state index in [1.165, 1.54) is 5.75 Å². The third-order valence-corrected chi connectivity index (χ3v) is 5.79. The van der Waals surface area contributed by atoms with E-state index in [0.29, 0.717) is 10.5 Å². The number of carbonyl (C=O) groups excluding carboxylic acids is 1. The molecule has 2 rings (SSSR count). The number of hydrogen-bond acceptors (Lipinski definition) is 4. The molecule has 2 aliphatic heterocycles. The number of thioether (sulfide) groups is 2. The fourth-order valence-corrected chi connectivity index (χ4v) is 4.54. The zero-order chi connectivity index (χ0) is 10.8. The van der Waals surface area contributed by atoms with Gasteiger partial charge in [-0.25, -0.2) is 0 Å². The highest BCUT2D eigenvalue weighted by atomic mass is 32.2. The van der Waals surface area contributed by atoms with Crippen LogP contribution in [-0.2, 0) is 4.79 Å². The lowest BCUT2D eigenvalue weighted by Crippen LogP contribution is -2.39. The van der Waals surface area contributed by atoms with Crippen LogP contribution in [0.15, 0.2) is 4.99 Å². The van der Waals surface area contributed by atoms with Crippen LogP contribution in [-0.4, -0.2) is 39.8 Å². The standard InChI is InChI=1S/C10H16N2OS2/c1-3-7-10(13)12-9(11-7)8-6(2)14-4-5-15-8/h6-8H,3-5H2,1-2H3,(H,11,12,13). The number of nitrogens with zero attached hydrogens (tertiary/aromatic N) is 1. The highest BCUT2D eigenvalue weighted by Gasteiger charge is 2.34. The summed E-state index contributed by atoms with van der Waals surface area (Å²) in [5.74, 6) is 3.36.